The summed E-state index contributed by atoms with van der Waals surface area (Å²) in [6.07, 6.45) is 9.61. The van der Waals surface area contributed by atoms with E-state index in [1.54, 1.807) is 11.1 Å². The standard InChI is InChI=1S/C83H76BN3Si2/c1-59-53-72-79-74(54-59)84-73-48-30-47-71-78(73)86(82(4)51-26-24-49-80(71,82)2)75-57-62(58-76(77(75)84)87(79)83(5)52-27-25-50-81(72,83)3)85(60-31-28-45-69(55-60)88(63-33-12-6-13-34-63,64-35-14-7-15-36-64)65-37-16-8-17-38-65)61-32-29-46-70(56-61)89(66-39-18-9-19-40-66,67-41-20-10-21-42-67)68-43-22-11-23-44-68/h6-23,28-48,53-58H,24-27,49-52H2,1-5H3. The predicted molar refractivity (Wildman–Crippen MR) is 383 cm³/mol. The zero-order valence-corrected chi connectivity index (χ0v) is 54.1. The fourth-order valence-electron chi connectivity index (χ4n) is 19.2. The molecule has 6 heteroatoms. The van der Waals surface area contributed by atoms with E-state index < -0.39 is 16.1 Å². The Morgan fingerprint density at radius 3 is 1.11 bits per heavy atom. The second kappa shape index (κ2) is 20.2. The first-order chi connectivity index (χ1) is 43.5. The summed E-state index contributed by atoms with van der Waals surface area (Å²) in [7, 11) is -6.02. The largest absolute Gasteiger partial charge is 0.335 e. The lowest BCUT2D eigenvalue weighted by Gasteiger charge is -2.55. The SMILES string of the molecule is Cc1cc2c3c(c1)C1(C)CCCCC1(C)N3c1cc(N(c3cccc([Si](c4ccccc4)(c4ccccc4)c4ccccc4)c3)c3cccc([Si](c4ccccc4)(c4ccccc4)c4ccccc4)c3)cc3c1B2c1cccc2c1N3C1(C)CCCCC21C. The van der Waals surface area contributed by atoms with Gasteiger partial charge in [-0.25, -0.2) is 0 Å². The summed E-state index contributed by atoms with van der Waals surface area (Å²) in [5, 5.41) is 10.9. The van der Waals surface area contributed by atoms with Gasteiger partial charge in [-0.15, -0.1) is 0 Å². The van der Waals surface area contributed by atoms with Crippen molar-refractivity contribution in [3.05, 3.63) is 290 Å². The molecule has 0 N–H and O–H groups in total. The molecule has 0 saturated heterocycles. The Hall–Kier alpha value is -8.68. The molecule has 2 saturated carbocycles. The highest BCUT2D eigenvalue weighted by molar-refractivity contribution is 7.20. The number of anilines is 7. The molecule has 3 nitrogen and oxygen atoms in total. The van der Waals surface area contributed by atoms with Crippen LogP contribution < -0.4 is 72.6 Å². The molecule has 4 heterocycles. The monoisotopic (exact) mass is 1180 g/mol. The molecule has 6 aliphatic rings. The lowest BCUT2D eigenvalue weighted by Crippen LogP contribution is -2.74. The number of fused-ring (bicyclic) bond motifs is 10. The molecule has 89 heavy (non-hydrogen) atoms. The van der Waals surface area contributed by atoms with E-state index in [1.165, 1.54) is 130 Å². The summed E-state index contributed by atoms with van der Waals surface area (Å²) in [5.74, 6) is 0. The van der Waals surface area contributed by atoms with Crippen molar-refractivity contribution in [2.45, 2.75) is 108 Å². The molecule has 4 atom stereocenters. The first kappa shape index (κ1) is 54.5. The van der Waals surface area contributed by atoms with Crippen LogP contribution in [0.2, 0.25) is 0 Å². The number of aryl methyl sites for hydroxylation is 1. The van der Waals surface area contributed by atoms with Crippen molar-refractivity contribution < 1.29 is 0 Å². The highest BCUT2D eigenvalue weighted by atomic mass is 28.3. The van der Waals surface area contributed by atoms with E-state index in [2.05, 4.69) is 322 Å². The smallest absolute Gasteiger partial charge is 0.252 e. The molecular weight excluding hydrogens is 1110 g/mol. The zero-order chi connectivity index (χ0) is 59.9. The molecule has 17 rings (SSSR count). The minimum atomic E-state index is -3.01. The van der Waals surface area contributed by atoms with E-state index >= 15 is 0 Å². The van der Waals surface area contributed by atoms with Gasteiger partial charge in [0, 0.05) is 45.0 Å². The van der Waals surface area contributed by atoms with Gasteiger partial charge in [0.25, 0.3) is 6.71 Å². The number of hydrogen-bond donors (Lipinski definition) is 0. The number of hydrogen-bond acceptors (Lipinski definition) is 3. The van der Waals surface area contributed by atoms with Crippen molar-refractivity contribution in [1.29, 1.82) is 0 Å². The number of rotatable bonds is 11. The van der Waals surface area contributed by atoms with Gasteiger partial charge in [0.1, 0.15) is 0 Å². The van der Waals surface area contributed by atoms with Gasteiger partial charge in [0.05, 0.1) is 16.8 Å². The number of benzene rings is 11. The Balaban J connectivity index is 1.000. The van der Waals surface area contributed by atoms with Crippen molar-refractivity contribution in [1.82, 2.24) is 0 Å². The predicted octanol–water partition coefficient (Wildman–Crippen LogP) is 12.8. The van der Waals surface area contributed by atoms with Crippen LogP contribution in [0.25, 0.3) is 0 Å². The van der Waals surface area contributed by atoms with Gasteiger partial charge in [-0.3, -0.25) is 0 Å². The number of nitrogens with zero attached hydrogens (tertiary/aromatic N) is 3. The summed E-state index contributed by atoms with van der Waals surface area (Å²) in [4.78, 5) is 8.63. The van der Waals surface area contributed by atoms with Gasteiger partial charge in [-0.1, -0.05) is 282 Å². The first-order valence-corrected chi connectivity index (χ1v) is 37.0. The molecule has 4 unspecified atom stereocenters. The molecule has 0 amide bonds. The van der Waals surface area contributed by atoms with Crippen LogP contribution >= 0.6 is 0 Å². The summed E-state index contributed by atoms with van der Waals surface area (Å²) < 4.78 is 0. The van der Waals surface area contributed by atoms with Gasteiger partial charge < -0.3 is 14.7 Å². The van der Waals surface area contributed by atoms with Crippen LogP contribution in [0.4, 0.5) is 39.8 Å². The fraction of sp³-hybridized carbons (Fsp3) is 0.205. The molecule has 4 aliphatic heterocycles. The van der Waals surface area contributed by atoms with Crippen molar-refractivity contribution in [2.75, 3.05) is 14.7 Å². The van der Waals surface area contributed by atoms with Crippen molar-refractivity contribution in [2.24, 2.45) is 0 Å². The van der Waals surface area contributed by atoms with Gasteiger partial charge in [-0.05, 0) is 152 Å². The van der Waals surface area contributed by atoms with Crippen LogP contribution in [0.5, 0.6) is 0 Å². The fourth-order valence-corrected chi connectivity index (χ4v) is 28.8. The average Bonchev–Trinajstić information content (AvgIpc) is 1.51. The molecule has 11 aromatic carbocycles. The topological polar surface area (TPSA) is 9.72 Å². The van der Waals surface area contributed by atoms with Gasteiger partial charge in [0.2, 0.25) is 0 Å². The van der Waals surface area contributed by atoms with Crippen molar-refractivity contribution in [3.8, 4) is 0 Å². The molecule has 0 bridgehead atoms. The summed E-state index contributed by atoms with van der Waals surface area (Å²) >= 11 is 0. The quantitative estimate of drug-likeness (QED) is 0.0944. The first-order valence-electron chi connectivity index (χ1n) is 33.0. The summed E-state index contributed by atoms with van der Waals surface area (Å²) in [6.45, 7) is 13.0. The lowest BCUT2D eigenvalue weighted by atomic mass is 9.33. The zero-order valence-electron chi connectivity index (χ0n) is 52.1. The van der Waals surface area contributed by atoms with Crippen LogP contribution in [0.15, 0.2) is 273 Å². The second-order valence-electron chi connectivity index (χ2n) is 27.8. The Kier molecular flexibility index (Phi) is 12.3. The Labute approximate surface area is 529 Å². The molecule has 2 fully saturated rings. The molecule has 0 aromatic heterocycles. The minimum absolute atomic E-state index is 0.0266. The molecule has 0 spiro atoms. The number of para-hydroxylation sites is 1. The lowest BCUT2D eigenvalue weighted by molar-refractivity contribution is 0.194. The summed E-state index contributed by atoms with van der Waals surface area (Å²) in [6, 6.07) is 107. The maximum atomic E-state index is 2.96. The molecule has 2 aliphatic carbocycles. The van der Waals surface area contributed by atoms with E-state index in [0.717, 1.165) is 24.2 Å². The third-order valence-electron chi connectivity index (χ3n) is 23.6. The van der Waals surface area contributed by atoms with Crippen LogP contribution in [0.3, 0.4) is 0 Å². The molecule has 0 radical (unpaired) electrons. The van der Waals surface area contributed by atoms with Gasteiger partial charge in [0.15, 0.2) is 16.1 Å². The van der Waals surface area contributed by atoms with Crippen molar-refractivity contribution >= 4 is 121 Å². The molecule has 434 valence electrons. The van der Waals surface area contributed by atoms with Crippen LogP contribution in [-0.2, 0) is 10.8 Å². The van der Waals surface area contributed by atoms with E-state index in [4.69, 9.17) is 0 Å². The minimum Gasteiger partial charge on any atom is -0.335 e. The second-order valence-corrected chi connectivity index (χ2v) is 35.4. The summed E-state index contributed by atoms with van der Waals surface area (Å²) in [5.41, 5.74) is 17.8. The van der Waals surface area contributed by atoms with Crippen LogP contribution in [0, 0.1) is 6.92 Å². The van der Waals surface area contributed by atoms with Gasteiger partial charge in [-0.2, -0.15) is 0 Å². The Morgan fingerprint density at radius 2 is 0.697 bits per heavy atom. The van der Waals surface area contributed by atoms with Crippen LogP contribution in [-0.4, -0.2) is 33.9 Å². The highest BCUT2D eigenvalue weighted by Gasteiger charge is 2.65. The maximum absolute atomic E-state index is 3.01. The average molecular weight is 1180 g/mol. The van der Waals surface area contributed by atoms with E-state index in [1.807, 2.05) is 0 Å². The maximum Gasteiger partial charge on any atom is 0.252 e. The molecule has 11 aromatic rings. The highest BCUT2D eigenvalue weighted by Crippen LogP contribution is 2.65. The van der Waals surface area contributed by atoms with E-state index in [-0.39, 0.29) is 28.6 Å². The Bertz CT molecular complexity index is 4180. The van der Waals surface area contributed by atoms with Gasteiger partial charge >= 0.3 is 0 Å². The third kappa shape index (κ3) is 7.39. The van der Waals surface area contributed by atoms with Crippen LogP contribution in [0.1, 0.15) is 95.8 Å². The normalized spacial score (nSPS) is 21.7. The molecular formula is C83H76BN3Si2. The Morgan fingerprint density at radius 1 is 0.337 bits per heavy atom. The van der Waals surface area contributed by atoms with E-state index in [9.17, 15) is 0 Å². The van der Waals surface area contributed by atoms with Crippen molar-refractivity contribution in [3.63, 3.8) is 0 Å². The van der Waals surface area contributed by atoms with E-state index in [0.29, 0.717) is 0 Å². The third-order valence-corrected chi connectivity index (χ3v) is 33.2.